The number of rotatable bonds is 6. The Balaban J connectivity index is 1.64. The molecule has 160 valence electrons. The molecule has 2 fully saturated rings. The lowest BCUT2D eigenvalue weighted by molar-refractivity contribution is -0.140. The average molecular weight is 414 g/mol. The largest absolute Gasteiger partial charge is 0.507 e. The van der Waals surface area contributed by atoms with Crippen molar-refractivity contribution < 1.29 is 23.8 Å². The van der Waals surface area contributed by atoms with Crippen LogP contribution in [0.3, 0.4) is 0 Å². The predicted molar refractivity (Wildman–Crippen MR) is 108 cm³/mol. The summed E-state index contributed by atoms with van der Waals surface area (Å²) < 4.78 is 10.9. The molecular formula is C21H26N4O5. The van der Waals surface area contributed by atoms with Crippen molar-refractivity contribution in [1.82, 2.24) is 20.0 Å². The lowest BCUT2D eigenvalue weighted by Gasteiger charge is -2.28. The maximum absolute atomic E-state index is 12.9. The van der Waals surface area contributed by atoms with Crippen LogP contribution in [-0.4, -0.2) is 76.2 Å². The number of nitrogens with one attached hydrogen (secondary N) is 1. The van der Waals surface area contributed by atoms with Gasteiger partial charge in [0.15, 0.2) is 0 Å². The summed E-state index contributed by atoms with van der Waals surface area (Å²) in [6.07, 6.45) is 2.20. The van der Waals surface area contributed by atoms with Crippen LogP contribution in [0.25, 0.3) is 5.76 Å². The first-order valence-corrected chi connectivity index (χ1v) is 10.1. The number of H-pyrrole nitrogens is 1. The van der Waals surface area contributed by atoms with Gasteiger partial charge < -0.3 is 19.2 Å². The molecule has 2 aliphatic rings. The molecule has 2 aromatic rings. The van der Waals surface area contributed by atoms with E-state index in [1.807, 2.05) is 0 Å². The number of Topliss-reactive ketones (excluding diaryl/α,β-unsaturated/α-hetero) is 1. The second-order valence-electron chi connectivity index (χ2n) is 7.62. The molecule has 0 aromatic carbocycles. The van der Waals surface area contributed by atoms with E-state index in [9.17, 15) is 14.7 Å². The van der Waals surface area contributed by atoms with Crippen LogP contribution in [-0.2, 0) is 14.3 Å². The number of ether oxygens (including phenoxy) is 1. The summed E-state index contributed by atoms with van der Waals surface area (Å²) in [7, 11) is 0. The molecule has 0 saturated carbocycles. The van der Waals surface area contributed by atoms with Crippen molar-refractivity contribution in [2.75, 3.05) is 39.4 Å². The van der Waals surface area contributed by atoms with Gasteiger partial charge >= 0.3 is 0 Å². The molecule has 0 aliphatic carbocycles. The van der Waals surface area contributed by atoms with Gasteiger partial charge in [-0.2, -0.15) is 5.10 Å². The van der Waals surface area contributed by atoms with Crippen LogP contribution in [0.1, 0.15) is 35.2 Å². The molecule has 0 spiro atoms. The number of nitrogens with zero attached hydrogens (tertiary/aromatic N) is 3. The van der Waals surface area contributed by atoms with E-state index in [4.69, 9.17) is 9.15 Å². The number of aromatic nitrogens is 2. The highest BCUT2D eigenvalue weighted by molar-refractivity contribution is 6.46. The summed E-state index contributed by atoms with van der Waals surface area (Å²) in [5, 5.41) is 17.9. The third-order valence-corrected chi connectivity index (χ3v) is 5.69. The molecule has 0 bridgehead atoms. The number of likely N-dealkylation sites (tertiary alicyclic amines) is 1. The molecule has 0 radical (unpaired) electrons. The fourth-order valence-electron chi connectivity index (χ4n) is 4.18. The minimum Gasteiger partial charge on any atom is -0.507 e. The molecule has 2 aliphatic heterocycles. The zero-order valence-corrected chi connectivity index (χ0v) is 17.2. The molecule has 2 N–H and O–H groups in total. The number of hydrogen-bond acceptors (Lipinski definition) is 7. The van der Waals surface area contributed by atoms with Crippen molar-refractivity contribution in [2.24, 2.45) is 0 Å². The number of aliphatic hydroxyl groups is 1. The Labute approximate surface area is 174 Å². The van der Waals surface area contributed by atoms with E-state index in [1.54, 1.807) is 26.0 Å². The van der Waals surface area contributed by atoms with Crippen LogP contribution in [0.2, 0.25) is 0 Å². The zero-order valence-electron chi connectivity index (χ0n) is 17.2. The summed E-state index contributed by atoms with van der Waals surface area (Å²) in [6, 6.07) is 2.66. The molecule has 1 amide bonds. The van der Waals surface area contributed by atoms with E-state index in [1.165, 1.54) is 11.2 Å². The molecule has 2 saturated heterocycles. The number of hydrogen-bond donors (Lipinski definition) is 2. The summed E-state index contributed by atoms with van der Waals surface area (Å²) in [4.78, 5) is 29.6. The minimum atomic E-state index is -0.765. The van der Waals surface area contributed by atoms with Crippen molar-refractivity contribution in [1.29, 1.82) is 0 Å². The van der Waals surface area contributed by atoms with Gasteiger partial charge in [0.25, 0.3) is 11.7 Å². The van der Waals surface area contributed by atoms with Gasteiger partial charge in [0, 0.05) is 31.9 Å². The number of aryl methyl sites for hydroxylation is 2. The highest BCUT2D eigenvalue weighted by atomic mass is 16.5. The first-order valence-electron chi connectivity index (χ1n) is 10.1. The number of morpholine rings is 1. The highest BCUT2D eigenvalue weighted by Crippen LogP contribution is 2.40. The lowest BCUT2D eigenvalue weighted by atomic mass is 9.98. The van der Waals surface area contributed by atoms with Crippen LogP contribution in [0.5, 0.6) is 0 Å². The Hall–Kier alpha value is -2.91. The monoisotopic (exact) mass is 414 g/mol. The number of furan rings is 1. The van der Waals surface area contributed by atoms with Crippen molar-refractivity contribution in [3.63, 3.8) is 0 Å². The molecule has 1 atom stereocenters. The number of aromatic amines is 1. The van der Waals surface area contributed by atoms with Gasteiger partial charge in [0.2, 0.25) is 0 Å². The van der Waals surface area contributed by atoms with Gasteiger partial charge in [0.05, 0.1) is 36.3 Å². The van der Waals surface area contributed by atoms with Gasteiger partial charge in [0.1, 0.15) is 17.6 Å². The van der Waals surface area contributed by atoms with Crippen molar-refractivity contribution in [2.45, 2.75) is 26.3 Å². The van der Waals surface area contributed by atoms with Crippen molar-refractivity contribution in [3.05, 3.63) is 46.7 Å². The maximum Gasteiger partial charge on any atom is 0.295 e. The number of aliphatic hydroxyl groups excluding tert-OH is 1. The van der Waals surface area contributed by atoms with Crippen molar-refractivity contribution >= 4 is 17.4 Å². The molecule has 4 heterocycles. The Morgan fingerprint density at radius 2 is 2.03 bits per heavy atom. The number of amides is 1. The minimum absolute atomic E-state index is 0.0360. The van der Waals surface area contributed by atoms with Crippen LogP contribution in [0, 0.1) is 13.8 Å². The predicted octanol–water partition coefficient (Wildman–Crippen LogP) is 1.76. The fraction of sp³-hybridized carbons (Fsp3) is 0.476. The molecule has 1 unspecified atom stereocenters. The van der Waals surface area contributed by atoms with E-state index in [0.717, 1.165) is 19.6 Å². The normalized spacial score (nSPS) is 22.2. The smallest absolute Gasteiger partial charge is 0.295 e. The van der Waals surface area contributed by atoms with Crippen LogP contribution >= 0.6 is 0 Å². The van der Waals surface area contributed by atoms with Gasteiger partial charge in [-0.1, -0.05) is 0 Å². The van der Waals surface area contributed by atoms with E-state index in [2.05, 4.69) is 15.1 Å². The standard InChI is InChI=1S/C21H26N4O5/c1-13-16(14(2)23-22-13)19(26)17-18(15-5-3-10-30-15)25(21(28)20(17)27)7-4-6-24-8-11-29-12-9-24/h3,5,10,18,26H,4,6-9,11-12H2,1-2H3,(H,22,23)/b19-17+. The third-order valence-electron chi connectivity index (χ3n) is 5.69. The molecule has 9 heteroatoms. The first-order chi connectivity index (χ1) is 14.5. The van der Waals surface area contributed by atoms with E-state index < -0.39 is 17.7 Å². The molecular weight excluding hydrogens is 388 g/mol. The fourth-order valence-corrected chi connectivity index (χ4v) is 4.18. The number of ketones is 1. The topological polar surface area (TPSA) is 112 Å². The van der Waals surface area contributed by atoms with Crippen LogP contribution in [0.4, 0.5) is 0 Å². The second-order valence-corrected chi connectivity index (χ2v) is 7.62. The lowest BCUT2D eigenvalue weighted by Crippen LogP contribution is -2.38. The highest BCUT2D eigenvalue weighted by Gasteiger charge is 2.47. The Bertz CT molecular complexity index is 937. The van der Waals surface area contributed by atoms with E-state index in [0.29, 0.717) is 48.9 Å². The quantitative estimate of drug-likeness (QED) is 0.421. The Morgan fingerprint density at radius 1 is 1.27 bits per heavy atom. The summed E-state index contributed by atoms with van der Waals surface area (Å²) >= 11 is 0. The summed E-state index contributed by atoms with van der Waals surface area (Å²) in [5.74, 6) is -1.12. The Kier molecular flexibility index (Phi) is 5.74. The number of carbonyl (C=O) groups is 2. The second kappa shape index (κ2) is 8.45. The first kappa shape index (κ1) is 20.4. The number of carbonyl (C=O) groups excluding carboxylic acids is 2. The van der Waals surface area contributed by atoms with Gasteiger partial charge in [-0.25, -0.2) is 0 Å². The molecule has 4 rings (SSSR count). The summed E-state index contributed by atoms with van der Waals surface area (Å²) in [5.41, 5.74) is 1.66. The maximum atomic E-state index is 12.9. The molecule has 30 heavy (non-hydrogen) atoms. The van der Waals surface area contributed by atoms with Gasteiger partial charge in [-0.3, -0.25) is 19.6 Å². The third kappa shape index (κ3) is 3.66. The summed E-state index contributed by atoms with van der Waals surface area (Å²) in [6.45, 7) is 7.82. The average Bonchev–Trinajstić information content (AvgIpc) is 3.44. The van der Waals surface area contributed by atoms with E-state index >= 15 is 0 Å². The zero-order chi connectivity index (χ0) is 21.3. The van der Waals surface area contributed by atoms with Crippen molar-refractivity contribution in [3.8, 4) is 0 Å². The Morgan fingerprint density at radius 3 is 2.67 bits per heavy atom. The molecule has 9 nitrogen and oxygen atoms in total. The van der Waals surface area contributed by atoms with Gasteiger partial charge in [-0.05, 0) is 32.4 Å². The van der Waals surface area contributed by atoms with Crippen LogP contribution in [0.15, 0.2) is 28.4 Å². The van der Waals surface area contributed by atoms with Gasteiger partial charge in [-0.15, -0.1) is 0 Å². The molecule has 2 aromatic heterocycles. The SMILES string of the molecule is Cc1n[nH]c(C)c1/C(O)=C1\C(=O)C(=O)N(CCCN2CCOCC2)C1c1ccco1. The van der Waals surface area contributed by atoms with E-state index in [-0.39, 0.29) is 11.3 Å². The van der Waals surface area contributed by atoms with Crippen LogP contribution < -0.4 is 0 Å².